The van der Waals surface area contributed by atoms with Gasteiger partial charge in [0.1, 0.15) is 0 Å². The van der Waals surface area contributed by atoms with Crippen molar-refractivity contribution in [3.8, 4) is 0 Å². The summed E-state index contributed by atoms with van der Waals surface area (Å²) >= 11 is 0. The molecule has 2 heterocycles. The van der Waals surface area contributed by atoms with E-state index in [2.05, 4.69) is 44.8 Å². The molecular weight excluding hydrogens is 196 g/mol. The van der Waals surface area contributed by atoms with Crippen molar-refractivity contribution in [2.45, 2.75) is 39.5 Å². The van der Waals surface area contributed by atoms with Crippen molar-refractivity contribution in [2.75, 3.05) is 0 Å². The van der Waals surface area contributed by atoms with Gasteiger partial charge in [-0.25, -0.2) is 0 Å². The molecule has 0 atom stereocenters. The standard InChI is InChI=1S/C14H18N2/c1-5-11-13-10(7-6-8-15-13)9-12(16-11)14(2,3)4/h6-9H,5H2,1-4H3. The molecule has 0 bridgehead atoms. The highest BCUT2D eigenvalue weighted by atomic mass is 14.8. The van der Waals surface area contributed by atoms with Crippen LogP contribution in [0.4, 0.5) is 0 Å². The first kappa shape index (κ1) is 11.1. The first-order valence-electron chi connectivity index (χ1n) is 5.77. The van der Waals surface area contributed by atoms with E-state index in [9.17, 15) is 0 Å². The Labute approximate surface area is 96.7 Å². The monoisotopic (exact) mass is 214 g/mol. The Balaban J connectivity index is 2.73. The molecule has 0 amide bonds. The van der Waals surface area contributed by atoms with Crippen molar-refractivity contribution in [2.24, 2.45) is 0 Å². The molecule has 0 spiro atoms. The van der Waals surface area contributed by atoms with E-state index in [-0.39, 0.29) is 5.41 Å². The third-order valence-electron chi connectivity index (χ3n) is 2.76. The van der Waals surface area contributed by atoms with Gasteiger partial charge in [-0.15, -0.1) is 0 Å². The highest BCUT2D eigenvalue weighted by Crippen LogP contribution is 2.25. The molecule has 0 fully saturated rings. The van der Waals surface area contributed by atoms with Crippen LogP contribution in [0.1, 0.15) is 39.1 Å². The summed E-state index contributed by atoms with van der Waals surface area (Å²) in [5.41, 5.74) is 3.37. The topological polar surface area (TPSA) is 25.8 Å². The van der Waals surface area contributed by atoms with Gasteiger partial charge in [0.25, 0.3) is 0 Å². The van der Waals surface area contributed by atoms with Gasteiger partial charge in [-0.1, -0.05) is 33.8 Å². The molecule has 2 heteroatoms. The summed E-state index contributed by atoms with van der Waals surface area (Å²) in [6.07, 6.45) is 2.76. The third-order valence-corrected chi connectivity index (χ3v) is 2.76. The predicted octanol–water partition coefficient (Wildman–Crippen LogP) is 3.49. The van der Waals surface area contributed by atoms with Crippen LogP contribution in [0.15, 0.2) is 24.4 Å². The second-order valence-electron chi connectivity index (χ2n) is 5.13. The zero-order chi connectivity index (χ0) is 11.8. The van der Waals surface area contributed by atoms with Gasteiger partial charge >= 0.3 is 0 Å². The molecule has 0 aromatic carbocycles. The van der Waals surface area contributed by atoms with Crippen molar-refractivity contribution in [1.29, 1.82) is 0 Å². The van der Waals surface area contributed by atoms with Crippen molar-refractivity contribution in [3.63, 3.8) is 0 Å². The van der Waals surface area contributed by atoms with E-state index in [1.165, 1.54) is 5.39 Å². The molecule has 0 aliphatic rings. The maximum absolute atomic E-state index is 4.73. The Hall–Kier alpha value is -1.44. The summed E-state index contributed by atoms with van der Waals surface area (Å²) in [5.74, 6) is 0. The van der Waals surface area contributed by atoms with E-state index in [1.54, 1.807) is 0 Å². The van der Waals surface area contributed by atoms with Crippen molar-refractivity contribution in [1.82, 2.24) is 9.97 Å². The van der Waals surface area contributed by atoms with Crippen LogP contribution in [0.5, 0.6) is 0 Å². The van der Waals surface area contributed by atoms with Crippen LogP contribution in [0.2, 0.25) is 0 Å². The molecule has 0 N–H and O–H groups in total. The molecule has 0 radical (unpaired) electrons. The number of hydrogen-bond donors (Lipinski definition) is 0. The lowest BCUT2D eigenvalue weighted by molar-refractivity contribution is 0.567. The quantitative estimate of drug-likeness (QED) is 0.726. The van der Waals surface area contributed by atoms with Crippen LogP contribution >= 0.6 is 0 Å². The fourth-order valence-electron chi connectivity index (χ4n) is 1.78. The van der Waals surface area contributed by atoms with Gasteiger partial charge in [0.15, 0.2) is 0 Å². The largest absolute Gasteiger partial charge is 0.255 e. The van der Waals surface area contributed by atoms with Gasteiger partial charge < -0.3 is 0 Å². The zero-order valence-corrected chi connectivity index (χ0v) is 10.4. The Morgan fingerprint density at radius 2 is 2.00 bits per heavy atom. The van der Waals surface area contributed by atoms with E-state index >= 15 is 0 Å². The molecule has 2 nitrogen and oxygen atoms in total. The molecule has 16 heavy (non-hydrogen) atoms. The summed E-state index contributed by atoms with van der Waals surface area (Å²) in [5, 5.41) is 1.19. The maximum Gasteiger partial charge on any atom is 0.0917 e. The van der Waals surface area contributed by atoms with Gasteiger partial charge in [-0.3, -0.25) is 9.97 Å². The Kier molecular flexibility index (Phi) is 2.66. The second kappa shape index (κ2) is 3.85. The minimum absolute atomic E-state index is 0.0912. The van der Waals surface area contributed by atoms with E-state index in [4.69, 9.17) is 4.98 Å². The van der Waals surface area contributed by atoms with Crippen LogP contribution in [0, 0.1) is 0 Å². The molecule has 0 aliphatic heterocycles. The number of nitrogens with zero attached hydrogens (tertiary/aromatic N) is 2. The third kappa shape index (κ3) is 1.92. The fraction of sp³-hybridized carbons (Fsp3) is 0.429. The highest BCUT2D eigenvalue weighted by Gasteiger charge is 2.17. The first-order chi connectivity index (χ1) is 7.52. The molecule has 84 valence electrons. The molecule has 0 saturated carbocycles. The average Bonchev–Trinajstić information content (AvgIpc) is 2.26. The van der Waals surface area contributed by atoms with Crippen molar-refractivity contribution < 1.29 is 0 Å². The summed E-state index contributed by atoms with van der Waals surface area (Å²) in [6.45, 7) is 8.70. The second-order valence-corrected chi connectivity index (χ2v) is 5.13. The summed E-state index contributed by atoms with van der Waals surface area (Å²) in [7, 11) is 0. The minimum Gasteiger partial charge on any atom is -0.255 e. The van der Waals surface area contributed by atoms with Crippen LogP contribution in [-0.2, 0) is 11.8 Å². The van der Waals surface area contributed by atoms with Crippen LogP contribution in [0.25, 0.3) is 10.9 Å². The number of fused-ring (bicyclic) bond motifs is 1. The molecule has 2 rings (SSSR count). The SMILES string of the molecule is CCc1nc(C(C)(C)C)cc2cccnc12. The van der Waals surface area contributed by atoms with Gasteiger partial charge in [-0.05, 0) is 18.6 Å². The molecule has 2 aromatic rings. The lowest BCUT2D eigenvalue weighted by atomic mass is 9.90. The van der Waals surface area contributed by atoms with Gasteiger partial charge in [0.05, 0.1) is 11.2 Å². The van der Waals surface area contributed by atoms with Crippen LogP contribution in [-0.4, -0.2) is 9.97 Å². The number of pyridine rings is 2. The highest BCUT2D eigenvalue weighted by molar-refractivity contribution is 5.80. The fourth-order valence-corrected chi connectivity index (χ4v) is 1.78. The Morgan fingerprint density at radius 1 is 1.25 bits per heavy atom. The molecule has 2 aromatic heterocycles. The van der Waals surface area contributed by atoms with Crippen LogP contribution in [0.3, 0.4) is 0 Å². The number of aromatic nitrogens is 2. The molecule has 0 unspecified atom stereocenters. The number of aryl methyl sites for hydroxylation is 1. The van der Waals surface area contributed by atoms with Gasteiger partial charge in [-0.2, -0.15) is 0 Å². The average molecular weight is 214 g/mol. The Morgan fingerprint density at radius 3 is 2.62 bits per heavy atom. The zero-order valence-electron chi connectivity index (χ0n) is 10.4. The predicted molar refractivity (Wildman–Crippen MR) is 67.6 cm³/mol. The maximum atomic E-state index is 4.73. The lowest BCUT2D eigenvalue weighted by Gasteiger charge is -2.19. The molecule has 0 aliphatic carbocycles. The van der Waals surface area contributed by atoms with E-state index in [1.807, 2.05) is 12.3 Å². The van der Waals surface area contributed by atoms with Crippen LogP contribution < -0.4 is 0 Å². The minimum atomic E-state index is 0.0912. The van der Waals surface area contributed by atoms with E-state index in [0.29, 0.717) is 0 Å². The normalized spacial score (nSPS) is 12.0. The van der Waals surface area contributed by atoms with E-state index in [0.717, 1.165) is 23.3 Å². The number of rotatable bonds is 1. The first-order valence-corrected chi connectivity index (χ1v) is 5.77. The summed E-state index contributed by atoms with van der Waals surface area (Å²) in [6, 6.07) is 6.24. The number of hydrogen-bond acceptors (Lipinski definition) is 2. The van der Waals surface area contributed by atoms with Gasteiger partial charge in [0.2, 0.25) is 0 Å². The summed E-state index contributed by atoms with van der Waals surface area (Å²) in [4.78, 5) is 9.14. The Bertz CT molecular complexity index is 510. The van der Waals surface area contributed by atoms with Crippen molar-refractivity contribution in [3.05, 3.63) is 35.8 Å². The van der Waals surface area contributed by atoms with Gasteiger partial charge in [0, 0.05) is 22.7 Å². The lowest BCUT2D eigenvalue weighted by Crippen LogP contribution is -2.14. The van der Waals surface area contributed by atoms with Crippen molar-refractivity contribution >= 4 is 10.9 Å². The van der Waals surface area contributed by atoms with E-state index < -0.39 is 0 Å². The molecule has 0 saturated heterocycles. The molecular formula is C14H18N2. The smallest absolute Gasteiger partial charge is 0.0917 e. The summed E-state index contributed by atoms with van der Waals surface area (Å²) < 4.78 is 0.